The lowest BCUT2D eigenvalue weighted by atomic mass is 9.49. The molecule has 1 amide bonds. The highest BCUT2D eigenvalue weighted by Crippen LogP contribution is 2.55. The van der Waals surface area contributed by atoms with Crippen molar-refractivity contribution in [2.24, 2.45) is 10.8 Å². The van der Waals surface area contributed by atoms with Crippen molar-refractivity contribution in [2.45, 2.75) is 78.1 Å². The predicted octanol–water partition coefficient (Wildman–Crippen LogP) is 6.28. The van der Waals surface area contributed by atoms with Crippen LogP contribution in [0.25, 0.3) is 0 Å². The van der Waals surface area contributed by atoms with E-state index < -0.39 is 34.2 Å². The molecule has 0 atom stereocenters. The summed E-state index contributed by atoms with van der Waals surface area (Å²) in [6, 6.07) is 12.2. The van der Waals surface area contributed by atoms with Crippen LogP contribution in [0.2, 0.25) is 0 Å². The summed E-state index contributed by atoms with van der Waals surface area (Å²) < 4.78 is 46.2. The second-order valence-electron chi connectivity index (χ2n) is 10.9. The van der Waals surface area contributed by atoms with Crippen LogP contribution in [0, 0.1) is 22.2 Å². The molecule has 0 spiro atoms. The zero-order chi connectivity index (χ0) is 27.4. The molecule has 200 valence electrons. The first-order valence-electron chi connectivity index (χ1n) is 12.6. The molecule has 2 N–H and O–H groups in total. The van der Waals surface area contributed by atoms with Gasteiger partial charge in [-0.2, -0.15) is 18.4 Å². The lowest BCUT2D eigenvalue weighted by molar-refractivity contribution is -0.164. The molecular formula is C29H35F3N2O3. The summed E-state index contributed by atoms with van der Waals surface area (Å²) >= 11 is 0. The molecule has 5 nitrogen and oxygen atoms in total. The minimum absolute atomic E-state index is 0.0363. The van der Waals surface area contributed by atoms with Crippen LogP contribution in [0.3, 0.4) is 0 Å². The summed E-state index contributed by atoms with van der Waals surface area (Å²) in [7, 11) is 0. The quantitative estimate of drug-likeness (QED) is 0.364. The van der Waals surface area contributed by atoms with E-state index in [-0.39, 0.29) is 24.3 Å². The molecule has 0 radical (unpaired) electrons. The number of carbonyl (C=O) groups excluding carboxylic acids is 1. The van der Waals surface area contributed by atoms with Crippen molar-refractivity contribution in [2.75, 3.05) is 6.61 Å². The molecule has 1 aliphatic rings. The van der Waals surface area contributed by atoms with Gasteiger partial charge >= 0.3 is 6.18 Å². The Balaban J connectivity index is 1.65. The van der Waals surface area contributed by atoms with Crippen LogP contribution in [-0.2, 0) is 12.6 Å². The molecular weight excluding hydrogens is 481 g/mol. The fourth-order valence-electron chi connectivity index (χ4n) is 5.70. The summed E-state index contributed by atoms with van der Waals surface area (Å²) in [5.74, 6) is -0.175. The van der Waals surface area contributed by atoms with Gasteiger partial charge in [0, 0.05) is 29.0 Å². The van der Waals surface area contributed by atoms with E-state index in [2.05, 4.69) is 5.32 Å². The molecule has 8 heteroatoms. The van der Waals surface area contributed by atoms with E-state index >= 15 is 0 Å². The molecule has 0 aliphatic heterocycles. The van der Waals surface area contributed by atoms with Crippen molar-refractivity contribution >= 4 is 5.91 Å². The number of unbranched alkanes of at least 4 members (excludes halogenated alkanes) is 3. The second kappa shape index (κ2) is 11.1. The normalized spacial score (nSPS) is 20.0. The molecule has 0 unspecified atom stereocenters. The van der Waals surface area contributed by atoms with E-state index in [1.165, 1.54) is 6.07 Å². The highest BCUT2D eigenvalue weighted by atomic mass is 19.4. The van der Waals surface area contributed by atoms with Crippen molar-refractivity contribution in [1.29, 1.82) is 5.26 Å². The summed E-state index contributed by atoms with van der Waals surface area (Å²) in [5, 5.41) is 21.0. The summed E-state index contributed by atoms with van der Waals surface area (Å²) in [6.45, 7) is 7.90. The Morgan fingerprint density at radius 2 is 1.65 bits per heavy atom. The van der Waals surface area contributed by atoms with Crippen molar-refractivity contribution in [1.82, 2.24) is 5.32 Å². The second-order valence-corrected chi connectivity index (χ2v) is 10.9. The highest BCUT2D eigenvalue weighted by Gasteiger charge is 2.64. The number of carbonyl (C=O) groups is 1. The molecule has 2 aromatic carbocycles. The van der Waals surface area contributed by atoms with Crippen LogP contribution >= 0.6 is 0 Å². The predicted molar refractivity (Wildman–Crippen MR) is 135 cm³/mol. The molecule has 1 fully saturated rings. The molecule has 0 bridgehead atoms. The summed E-state index contributed by atoms with van der Waals surface area (Å²) in [4.78, 5) is 13.0. The number of aryl methyl sites for hydroxylation is 1. The number of aliphatic hydroxyl groups excluding tert-OH is 1. The minimum Gasteiger partial charge on any atom is -0.489 e. The number of ether oxygens (including phenoxy) is 1. The van der Waals surface area contributed by atoms with Gasteiger partial charge < -0.3 is 15.2 Å². The Labute approximate surface area is 216 Å². The Morgan fingerprint density at radius 3 is 2.22 bits per heavy atom. The number of nitrogens with zero attached hydrogens (tertiary/aromatic N) is 1. The van der Waals surface area contributed by atoms with Gasteiger partial charge in [0.15, 0.2) is 0 Å². The third-order valence-corrected chi connectivity index (χ3v) is 7.38. The first-order chi connectivity index (χ1) is 17.3. The number of aliphatic hydroxyl groups is 1. The fraction of sp³-hybridized carbons (Fsp3) is 0.517. The molecule has 0 saturated heterocycles. The number of benzene rings is 2. The number of hydrogen-bond acceptors (Lipinski definition) is 4. The van der Waals surface area contributed by atoms with E-state index in [0.717, 1.165) is 49.8 Å². The molecule has 3 rings (SSSR count). The van der Waals surface area contributed by atoms with Crippen molar-refractivity contribution in [3.05, 3.63) is 64.7 Å². The first-order valence-corrected chi connectivity index (χ1v) is 12.6. The molecule has 0 heterocycles. The number of alkyl halides is 3. The number of nitriles is 1. The van der Waals surface area contributed by atoms with Crippen LogP contribution in [0.5, 0.6) is 5.75 Å². The van der Waals surface area contributed by atoms with Gasteiger partial charge in [0.05, 0.1) is 17.2 Å². The molecule has 1 saturated carbocycles. The van der Waals surface area contributed by atoms with Crippen molar-refractivity contribution in [3.63, 3.8) is 0 Å². The SMILES string of the molecule is CC1(C)[C@H](NC(=O)c2ccc(CCCCCCO)cc2)C(C)(C)[C@H]1Oc1ccc(C#N)c(C(F)(F)F)c1. The fourth-order valence-corrected chi connectivity index (χ4v) is 5.70. The van der Waals surface area contributed by atoms with Gasteiger partial charge in [-0.25, -0.2) is 0 Å². The Kier molecular flexibility index (Phi) is 8.59. The van der Waals surface area contributed by atoms with E-state index in [4.69, 9.17) is 15.1 Å². The maximum Gasteiger partial charge on any atom is 0.417 e. The lowest BCUT2D eigenvalue weighted by Gasteiger charge is -2.63. The average Bonchev–Trinajstić information content (AvgIpc) is 2.85. The standard InChI is InChI=1S/C29H35F3N2O3/c1-27(2)25(34-24(36)20-12-10-19(11-13-20)9-7-5-6-8-16-35)28(3,4)26(27)37-22-15-14-21(18-33)23(17-22)29(30,31)32/h10-15,17,25-26,35H,5-9,16H2,1-4H3,(H,34,36)/t25-,26-. The zero-order valence-corrected chi connectivity index (χ0v) is 21.8. The Hall–Kier alpha value is -3.05. The highest BCUT2D eigenvalue weighted by molar-refractivity contribution is 5.94. The number of nitrogens with one attached hydrogen (secondary N) is 1. The van der Waals surface area contributed by atoms with Crippen LogP contribution < -0.4 is 10.1 Å². The maximum atomic E-state index is 13.4. The lowest BCUT2D eigenvalue weighted by Crippen LogP contribution is -2.74. The summed E-state index contributed by atoms with van der Waals surface area (Å²) in [5.41, 5.74) is -0.897. The van der Waals surface area contributed by atoms with Gasteiger partial charge in [0.2, 0.25) is 0 Å². The number of hydrogen-bond donors (Lipinski definition) is 2. The number of halogens is 3. The smallest absolute Gasteiger partial charge is 0.417 e. The van der Waals surface area contributed by atoms with Gasteiger partial charge in [0.1, 0.15) is 11.9 Å². The largest absolute Gasteiger partial charge is 0.489 e. The minimum atomic E-state index is -4.67. The van der Waals surface area contributed by atoms with E-state index in [1.807, 2.05) is 39.8 Å². The number of rotatable bonds is 10. The number of amides is 1. The topological polar surface area (TPSA) is 82.3 Å². The molecule has 37 heavy (non-hydrogen) atoms. The van der Waals surface area contributed by atoms with E-state index in [1.54, 1.807) is 18.2 Å². The Bertz CT molecular complexity index is 1120. The van der Waals surface area contributed by atoms with Crippen LogP contribution in [-0.4, -0.2) is 29.8 Å². The van der Waals surface area contributed by atoms with Gasteiger partial charge in [-0.1, -0.05) is 52.7 Å². The van der Waals surface area contributed by atoms with Crippen molar-refractivity contribution < 1.29 is 27.8 Å². The van der Waals surface area contributed by atoms with Gasteiger partial charge in [-0.05, 0) is 55.2 Å². The molecule has 0 aromatic heterocycles. The van der Waals surface area contributed by atoms with Crippen LogP contribution in [0.1, 0.15) is 80.4 Å². The monoisotopic (exact) mass is 516 g/mol. The maximum absolute atomic E-state index is 13.4. The van der Waals surface area contributed by atoms with Crippen LogP contribution in [0.4, 0.5) is 13.2 Å². The third-order valence-electron chi connectivity index (χ3n) is 7.38. The average molecular weight is 517 g/mol. The molecule has 1 aliphatic carbocycles. The molecule has 2 aromatic rings. The first kappa shape index (κ1) is 28.5. The van der Waals surface area contributed by atoms with Gasteiger partial charge in [-0.3, -0.25) is 4.79 Å². The summed E-state index contributed by atoms with van der Waals surface area (Å²) in [6.07, 6.45) is -0.308. The third kappa shape index (κ3) is 6.27. The van der Waals surface area contributed by atoms with Crippen LogP contribution in [0.15, 0.2) is 42.5 Å². The van der Waals surface area contributed by atoms with Gasteiger partial charge in [0.25, 0.3) is 5.91 Å². The van der Waals surface area contributed by atoms with Gasteiger partial charge in [-0.15, -0.1) is 0 Å². The van der Waals surface area contributed by atoms with E-state index in [9.17, 15) is 18.0 Å². The zero-order valence-electron chi connectivity index (χ0n) is 21.8. The van der Waals surface area contributed by atoms with E-state index in [0.29, 0.717) is 5.56 Å². The van der Waals surface area contributed by atoms with Crippen molar-refractivity contribution in [3.8, 4) is 11.8 Å². The Morgan fingerprint density at radius 1 is 1.03 bits per heavy atom.